The molecule has 0 radical (unpaired) electrons. The van der Waals surface area contributed by atoms with E-state index in [9.17, 15) is 14.9 Å². The molecule has 2 aromatic carbocycles. The average molecular weight is 480 g/mol. The summed E-state index contributed by atoms with van der Waals surface area (Å²) in [4.78, 5) is 27.8. The number of benzene rings is 2. The zero-order valence-corrected chi connectivity index (χ0v) is 19.7. The van der Waals surface area contributed by atoms with Gasteiger partial charge in [-0.2, -0.15) is 0 Å². The topological polar surface area (TPSA) is 94.4 Å². The molecule has 0 saturated carbocycles. The molecule has 1 amide bonds. The first-order valence-corrected chi connectivity index (χ1v) is 12.0. The molecule has 0 unspecified atom stereocenters. The van der Waals surface area contributed by atoms with E-state index in [1.807, 2.05) is 55.5 Å². The molecule has 9 heteroatoms. The van der Waals surface area contributed by atoms with Gasteiger partial charge < -0.3 is 4.74 Å². The van der Waals surface area contributed by atoms with Crippen molar-refractivity contribution in [1.29, 1.82) is 0 Å². The van der Waals surface area contributed by atoms with E-state index in [1.54, 1.807) is 0 Å². The summed E-state index contributed by atoms with van der Waals surface area (Å²) in [6.07, 6.45) is 2.08. The van der Waals surface area contributed by atoms with Crippen molar-refractivity contribution >= 4 is 38.7 Å². The van der Waals surface area contributed by atoms with Gasteiger partial charge in [0.15, 0.2) is 5.13 Å². The monoisotopic (exact) mass is 479 g/mol. The Morgan fingerprint density at radius 3 is 2.42 bits per heavy atom. The van der Waals surface area contributed by atoms with E-state index in [0.29, 0.717) is 21.6 Å². The van der Waals surface area contributed by atoms with Crippen LogP contribution < -0.4 is 10.1 Å². The highest BCUT2D eigenvalue weighted by molar-refractivity contribution is 7.19. The lowest BCUT2D eigenvalue weighted by Gasteiger charge is -2.07. The zero-order valence-electron chi connectivity index (χ0n) is 18.0. The highest BCUT2D eigenvalue weighted by Gasteiger charge is 2.20. The van der Waals surface area contributed by atoms with E-state index >= 15 is 0 Å². The van der Waals surface area contributed by atoms with E-state index < -0.39 is 10.8 Å². The summed E-state index contributed by atoms with van der Waals surface area (Å²) in [6.45, 7) is 4.14. The van der Waals surface area contributed by atoms with E-state index in [2.05, 4.69) is 17.2 Å². The van der Waals surface area contributed by atoms with Crippen molar-refractivity contribution in [3.8, 4) is 22.1 Å². The largest absolute Gasteiger partial charge is 0.444 e. The number of thiophene rings is 1. The molecule has 168 valence electrons. The minimum absolute atomic E-state index is 0.0878. The summed E-state index contributed by atoms with van der Waals surface area (Å²) in [5.74, 6) is 0.228. The van der Waals surface area contributed by atoms with Crippen LogP contribution in [-0.4, -0.2) is 15.8 Å². The molecule has 2 aromatic heterocycles. The summed E-state index contributed by atoms with van der Waals surface area (Å²) in [5.41, 5.74) is 3.84. The number of nitrogens with one attached hydrogen (secondary N) is 1. The molecule has 7 nitrogen and oxygen atoms in total. The number of ether oxygens (including phenoxy) is 1. The lowest BCUT2D eigenvalue weighted by Crippen LogP contribution is -2.09. The van der Waals surface area contributed by atoms with Crippen LogP contribution >= 0.6 is 22.7 Å². The van der Waals surface area contributed by atoms with Crippen LogP contribution in [0.25, 0.3) is 11.3 Å². The Bertz CT molecular complexity index is 1280. The molecule has 0 aliphatic heterocycles. The van der Waals surface area contributed by atoms with Crippen LogP contribution in [0.5, 0.6) is 10.8 Å². The van der Waals surface area contributed by atoms with Crippen molar-refractivity contribution in [3.63, 3.8) is 0 Å². The average Bonchev–Trinajstić information content (AvgIpc) is 3.44. The highest BCUT2D eigenvalue weighted by atomic mass is 32.1. The number of aryl methyl sites for hydroxylation is 2. The summed E-state index contributed by atoms with van der Waals surface area (Å²) >= 11 is 2.03. The van der Waals surface area contributed by atoms with Gasteiger partial charge in [0.25, 0.3) is 5.91 Å². The van der Waals surface area contributed by atoms with E-state index in [-0.39, 0.29) is 9.88 Å². The highest BCUT2D eigenvalue weighted by Crippen LogP contribution is 2.41. The number of hydrogen-bond donors (Lipinski definition) is 1. The van der Waals surface area contributed by atoms with Gasteiger partial charge in [0.2, 0.25) is 5.06 Å². The first-order valence-electron chi connectivity index (χ1n) is 10.3. The van der Waals surface area contributed by atoms with Crippen LogP contribution in [0.15, 0.2) is 60.7 Å². The lowest BCUT2D eigenvalue weighted by molar-refractivity contribution is -0.380. The maximum absolute atomic E-state index is 12.6. The second-order valence-electron chi connectivity index (χ2n) is 7.37. The molecule has 2 heterocycles. The molecule has 0 bridgehead atoms. The van der Waals surface area contributed by atoms with Crippen molar-refractivity contribution in [2.45, 2.75) is 26.7 Å². The second kappa shape index (κ2) is 9.93. The number of carbonyl (C=O) groups is 1. The standard InChI is InChI=1S/C24H21N3O4S2/c1-3-4-16-7-11-18(12-8-16)31-23-21(17-9-5-15(2)6-10-17)25-24(33-23)26-22(28)19-13-14-20(32-19)27(29)30/h5-14H,3-4H2,1-2H3,(H,25,26,28). The lowest BCUT2D eigenvalue weighted by atomic mass is 10.1. The number of thiazole rings is 1. The van der Waals surface area contributed by atoms with Gasteiger partial charge in [-0.1, -0.05) is 78.0 Å². The Morgan fingerprint density at radius 2 is 1.79 bits per heavy atom. The number of nitro groups is 1. The second-order valence-corrected chi connectivity index (χ2v) is 9.39. The third-order valence-corrected chi connectivity index (χ3v) is 6.69. The SMILES string of the molecule is CCCc1ccc(Oc2sc(NC(=O)c3ccc([N+](=O)[O-])s3)nc2-c2ccc(C)cc2)cc1. The van der Waals surface area contributed by atoms with E-state index in [0.717, 1.165) is 35.3 Å². The van der Waals surface area contributed by atoms with Crippen LogP contribution in [0, 0.1) is 17.0 Å². The quantitative estimate of drug-likeness (QED) is 0.215. The number of hydrogen-bond acceptors (Lipinski definition) is 7. The number of carbonyl (C=O) groups excluding carboxylic acids is 1. The van der Waals surface area contributed by atoms with Gasteiger partial charge in [-0.3, -0.25) is 20.2 Å². The Labute approximate surface area is 198 Å². The first kappa shape index (κ1) is 22.6. The Kier molecular flexibility index (Phi) is 6.81. The van der Waals surface area contributed by atoms with E-state index in [1.165, 1.54) is 29.0 Å². The summed E-state index contributed by atoms with van der Waals surface area (Å²) in [5, 5.41) is 14.5. The van der Waals surface area contributed by atoms with Gasteiger partial charge in [0.1, 0.15) is 11.4 Å². The van der Waals surface area contributed by atoms with Gasteiger partial charge in [-0.15, -0.1) is 0 Å². The summed E-state index contributed by atoms with van der Waals surface area (Å²) < 4.78 is 6.15. The smallest absolute Gasteiger partial charge is 0.324 e. The summed E-state index contributed by atoms with van der Waals surface area (Å²) in [7, 11) is 0. The Hall–Kier alpha value is -3.56. The van der Waals surface area contributed by atoms with Crippen LogP contribution in [0.4, 0.5) is 10.1 Å². The number of anilines is 1. The van der Waals surface area contributed by atoms with Crippen LogP contribution in [0.3, 0.4) is 0 Å². The third-order valence-electron chi connectivity index (χ3n) is 4.81. The van der Waals surface area contributed by atoms with Crippen molar-refractivity contribution in [2.75, 3.05) is 5.32 Å². The molecule has 1 N–H and O–H groups in total. The molecule has 0 fully saturated rings. The Morgan fingerprint density at radius 1 is 1.06 bits per heavy atom. The van der Waals surface area contributed by atoms with Crippen molar-refractivity contribution in [3.05, 3.63) is 86.8 Å². The maximum Gasteiger partial charge on any atom is 0.324 e. The van der Waals surface area contributed by atoms with Crippen molar-refractivity contribution in [2.24, 2.45) is 0 Å². The van der Waals surface area contributed by atoms with Crippen LogP contribution in [-0.2, 0) is 6.42 Å². The van der Waals surface area contributed by atoms with Gasteiger partial charge in [-0.25, -0.2) is 4.98 Å². The molecule has 0 spiro atoms. The van der Waals surface area contributed by atoms with Crippen LogP contribution in [0.1, 0.15) is 34.1 Å². The molecule has 4 rings (SSSR count). The number of nitrogens with zero attached hydrogens (tertiary/aromatic N) is 2. The van der Waals surface area contributed by atoms with Gasteiger partial charge in [0.05, 0.1) is 9.80 Å². The van der Waals surface area contributed by atoms with Gasteiger partial charge in [0, 0.05) is 11.6 Å². The molecule has 33 heavy (non-hydrogen) atoms. The normalized spacial score (nSPS) is 10.7. The number of rotatable bonds is 8. The molecule has 4 aromatic rings. The van der Waals surface area contributed by atoms with E-state index in [4.69, 9.17) is 4.74 Å². The van der Waals surface area contributed by atoms with Gasteiger partial charge >= 0.3 is 5.00 Å². The zero-order chi connectivity index (χ0) is 23.4. The predicted molar refractivity (Wildman–Crippen MR) is 132 cm³/mol. The fourth-order valence-corrected chi connectivity index (χ4v) is 4.72. The molecule has 0 aliphatic rings. The molecule has 0 saturated heterocycles. The molecule has 0 atom stereocenters. The third kappa shape index (κ3) is 5.44. The minimum atomic E-state index is -0.516. The predicted octanol–water partition coefficient (Wildman–Crippen LogP) is 7.09. The molecular formula is C24H21N3O4S2. The number of amides is 1. The maximum atomic E-state index is 12.6. The fraction of sp³-hybridized carbons (Fsp3) is 0.167. The van der Waals surface area contributed by atoms with Gasteiger partial charge in [-0.05, 0) is 37.1 Å². The van der Waals surface area contributed by atoms with Crippen LogP contribution in [0.2, 0.25) is 0 Å². The molecular weight excluding hydrogens is 458 g/mol. The van der Waals surface area contributed by atoms with Crippen molar-refractivity contribution < 1.29 is 14.5 Å². The Balaban J connectivity index is 1.62. The van der Waals surface area contributed by atoms with Crippen molar-refractivity contribution in [1.82, 2.24) is 4.98 Å². The summed E-state index contributed by atoms with van der Waals surface area (Å²) in [6, 6.07) is 18.6. The molecule has 0 aliphatic carbocycles. The first-order chi connectivity index (χ1) is 15.9. The fourth-order valence-electron chi connectivity index (χ4n) is 3.15. The minimum Gasteiger partial charge on any atom is -0.444 e. The number of aromatic nitrogens is 1.